The summed E-state index contributed by atoms with van der Waals surface area (Å²) in [4.78, 5) is 26.4. The zero-order valence-corrected chi connectivity index (χ0v) is 14.5. The van der Waals surface area contributed by atoms with E-state index in [-0.39, 0.29) is 19.1 Å². The lowest BCUT2D eigenvalue weighted by Crippen LogP contribution is -2.44. The molecule has 0 aliphatic heterocycles. The van der Waals surface area contributed by atoms with Crippen molar-refractivity contribution in [2.75, 3.05) is 6.61 Å². The van der Waals surface area contributed by atoms with Gasteiger partial charge in [0.05, 0.1) is 6.10 Å². The minimum absolute atomic E-state index is 0.0893. The molecular formula is C16H19BrN2O4. The van der Waals surface area contributed by atoms with Crippen molar-refractivity contribution in [3.63, 3.8) is 0 Å². The molecule has 6 nitrogen and oxygen atoms in total. The van der Waals surface area contributed by atoms with Gasteiger partial charge in [-0.15, -0.1) is 0 Å². The molecule has 0 radical (unpaired) electrons. The molecule has 0 fully saturated rings. The molecule has 23 heavy (non-hydrogen) atoms. The molecule has 0 saturated heterocycles. The average Bonchev–Trinajstić information content (AvgIpc) is 2.89. The van der Waals surface area contributed by atoms with E-state index in [1.807, 2.05) is 32.0 Å². The van der Waals surface area contributed by atoms with Crippen molar-refractivity contribution in [2.45, 2.75) is 32.4 Å². The van der Waals surface area contributed by atoms with Crippen molar-refractivity contribution >= 4 is 38.7 Å². The van der Waals surface area contributed by atoms with Gasteiger partial charge in [0.15, 0.2) is 0 Å². The number of ether oxygens (including phenoxy) is 1. The molecule has 124 valence electrons. The Kier molecular flexibility index (Phi) is 5.79. The van der Waals surface area contributed by atoms with Crippen LogP contribution >= 0.6 is 15.9 Å². The molecule has 1 unspecified atom stereocenters. The predicted molar refractivity (Wildman–Crippen MR) is 90.4 cm³/mol. The van der Waals surface area contributed by atoms with Crippen LogP contribution in [0.1, 0.15) is 19.4 Å². The number of aromatic amines is 1. The average molecular weight is 383 g/mol. The molecule has 1 aromatic carbocycles. The highest BCUT2D eigenvalue weighted by atomic mass is 79.9. The summed E-state index contributed by atoms with van der Waals surface area (Å²) in [5.74, 6) is -1.52. The molecule has 2 aromatic rings. The normalized spacial score (nSPS) is 12.5. The third-order valence-corrected chi connectivity index (χ3v) is 4.00. The molecule has 7 heteroatoms. The number of carboxylic acid groups (broad SMARTS) is 1. The Balaban J connectivity index is 2.13. The number of halogens is 1. The van der Waals surface area contributed by atoms with Crippen LogP contribution in [0.3, 0.4) is 0 Å². The van der Waals surface area contributed by atoms with Gasteiger partial charge >= 0.3 is 5.97 Å². The van der Waals surface area contributed by atoms with Crippen LogP contribution < -0.4 is 5.32 Å². The summed E-state index contributed by atoms with van der Waals surface area (Å²) in [6.45, 7) is 3.47. The van der Waals surface area contributed by atoms with Crippen LogP contribution in [0.15, 0.2) is 28.9 Å². The Morgan fingerprint density at radius 3 is 2.78 bits per heavy atom. The zero-order valence-electron chi connectivity index (χ0n) is 12.9. The van der Waals surface area contributed by atoms with E-state index in [9.17, 15) is 14.7 Å². The summed E-state index contributed by atoms with van der Waals surface area (Å²) < 4.78 is 6.07. The number of amides is 1. The van der Waals surface area contributed by atoms with Crippen LogP contribution in [-0.4, -0.2) is 40.7 Å². The molecule has 1 amide bonds. The summed E-state index contributed by atoms with van der Waals surface area (Å²) in [6.07, 6.45) is 1.86. The van der Waals surface area contributed by atoms with Crippen molar-refractivity contribution in [1.82, 2.24) is 10.3 Å². The number of hydrogen-bond donors (Lipinski definition) is 3. The molecule has 1 atom stereocenters. The highest BCUT2D eigenvalue weighted by Gasteiger charge is 2.22. The topological polar surface area (TPSA) is 91.4 Å². The Hall–Kier alpha value is -1.86. The van der Waals surface area contributed by atoms with Crippen LogP contribution in [-0.2, 0) is 20.7 Å². The molecule has 1 heterocycles. The second-order valence-corrected chi connectivity index (χ2v) is 6.35. The van der Waals surface area contributed by atoms with Gasteiger partial charge in [0.2, 0.25) is 5.91 Å². The van der Waals surface area contributed by atoms with Crippen molar-refractivity contribution in [3.8, 4) is 0 Å². The van der Waals surface area contributed by atoms with Crippen molar-refractivity contribution in [3.05, 3.63) is 34.4 Å². The first-order valence-electron chi connectivity index (χ1n) is 7.26. The van der Waals surface area contributed by atoms with Gasteiger partial charge in [0.25, 0.3) is 0 Å². The van der Waals surface area contributed by atoms with Crippen LogP contribution in [0.2, 0.25) is 0 Å². The summed E-state index contributed by atoms with van der Waals surface area (Å²) in [7, 11) is 0. The summed E-state index contributed by atoms with van der Waals surface area (Å²) in [5, 5.41) is 12.8. The number of benzene rings is 1. The maximum Gasteiger partial charge on any atom is 0.326 e. The van der Waals surface area contributed by atoms with Crippen molar-refractivity contribution < 1.29 is 19.4 Å². The van der Waals surface area contributed by atoms with E-state index in [0.29, 0.717) is 0 Å². The number of aromatic nitrogens is 1. The number of rotatable bonds is 7. The Labute approximate surface area is 142 Å². The fraction of sp³-hybridized carbons (Fsp3) is 0.375. The molecular weight excluding hydrogens is 364 g/mol. The predicted octanol–water partition coefficient (Wildman–Crippen LogP) is 2.47. The smallest absolute Gasteiger partial charge is 0.326 e. The number of carbonyl (C=O) groups excluding carboxylic acids is 1. The van der Waals surface area contributed by atoms with Gasteiger partial charge < -0.3 is 20.1 Å². The molecule has 0 spiro atoms. The molecule has 2 rings (SSSR count). The molecule has 0 saturated carbocycles. The maximum absolute atomic E-state index is 11.8. The quantitative estimate of drug-likeness (QED) is 0.685. The summed E-state index contributed by atoms with van der Waals surface area (Å²) >= 11 is 3.47. The fourth-order valence-electron chi connectivity index (χ4n) is 2.27. The number of carboxylic acids is 1. The van der Waals surface area contributed by atoms with Gasteiger partial charge in [0.1, 0.15) is 12.6 Å². The minimum Gasteiger partial charge on any atom is -0.480 e. The van der Waals surface area contributed by atoms with Gasteiger partial charge in [-0.2, -0.15) is 0 Å². The molecule has 0 aliphatic rings. The van der Waals surface area contributed by atoms with E-state index in [4.69, 9.17) is 4.74 Å². The fourth-order valence-corrected chi connectivity index (χ4v) is 2.89. The summed E-state index contributed by atoms with van der Waals surface area (Å²) in [5.41, 5.74) is 1.73. The molecule has 1 aromatic heterocycles. The highest BCUT2D eigenvalue weighted by molar-refractivity contribution is 9.10. The van der Waals surface area contributed by atoms with E-state index in [2.05, 4.69) is 26.2 Å². The zero-order chi connectivity index (χ0) is 17.0. The van der Waals surface area contributed by atoms with Gasteiger partial charge in [-0.05, 0) is 31.5 Å². The van der Waals surface area contributed by atoms with Gasteiger partial charge in [-0.25, -0.2) is 4.79 Å². The van der Waals surface area contributed by atoms with E-state index in [0.717, 1.165) is 20.9 Å². The lowest BCUT2D eigenvalue weighted by molar-refractivity contribution is -0.142. The SMILES string of the molecule is CC(C)OCC(=O)NC(Cc1c[nH]c2cccc(Br)c12)C(=O)O. The van der Waals surface area contributed by atoms with E-state index < -0.39 is 17.9 Å². The highest BCUT2D eigenvalue weighted by Crippen LogP contribution is 2.27. The van der Waals surface area contributed by atoms with E-state index in [1.54, 1.807) is 6.20 Å². The first-order valence-corrected chi connectivity index (χ1v) is 8.06. The Morgan fingerprint density at radius 1 is 1.39 bits per heavy atom. The second-order valence-electron chi connectivity index (χ2n) is 5.50. The Morgan fingerprint density at radius 2 is 2.13 bits per heavy atom. The first-order chi connectivity index (χ1) is 10.9. The lowest BCUT2D eigenvalue weighted by atomic mass is 10.0. The lowest BCUT2D eigenvalue weighted by Gasteiger charge is -2.15. The van der Waals surface area contributed by atoms with E-state index >= 15 is 0 Å². The van der Waals surface area contributed by atoms with Gasteiger partial charge in [0, 0.05) is 28.0 Å². The maximum atomic E-state index is 11.8. The van der Waals surface area contributed by atoms with Crippen LogP contribution in [0.4, 0.5) is 0 Å². The van der Waals surface area contributed by atoms with E-state index in [1.165, 1.54) is 0 Å². The molecule has 3 N–H and O–H groups in total. The number of hydrogen-bond acceptors (Lipinski definition) is 3. The van der Waals surface area contributed by atoms with Crippen LogP contribution in [0.25, 0.3) is 10.9 Å². The third kappa shape index (κ3) is 4.56. The standard InChI is InChI=1S/C16H19BrN2O4/c1-9(2)23-8-14(20)19-13(16(21)22)6-10-7-18-12-5-3-4-11(17)15(10)12/h3-5,7,9,13,18H,6,8H2,1-2H3,(H,19,20)(H,21,22). The number of carbonyl (C=O) groups is 2. The minimum atomic E-state index is -1.08. The van der Waals surface area contributed by atoms with Crippen LogP contribution in [0, 0.1) is 0 Å². The second kappa shape index (κ2) is 7.61. The molecule has 0 aliphatic carbocycles. The van der Waals surface area contributed by atoms with Crippen molar-refractivity contribution in [2.24, 2.45) is 0 Å². The van der Waals surface area contributed by atoms with Crippen LogP contribution in [0.5, 0.6) is 0 Å². The number of aliphatic carboxylic acids is 1. The number of nitrogens with one attached hydrogen (secondary N) is 2. The van der Waals surface area contributed by atoms with Gasteiger partial charge in [-0.3, -0.25) is 4.79 Å². The monoisotopic (exact) mass is 382 g/mol. The number of H-pyrrole nitrogens is 1. The molecule has 0 bridgehead atoms. The summed E-state index contributed by atoms with van der Waals surface area (Å²) in [6, 6.07) is 4.69. The van der Waals surface area contributed by atoms with Crippen molar-refractivity contribution in [1.29, 1.82) is 0 Å². The number of fused-ring (bicyclic) bond motifs is 1. The third-order valence-electron chi connectivity index (χ3n) is 3.34. The van der Waals surface area contributed by atoms with Gasteiger partial charge in [-0.1, -0.05) is 22.0 Å². The largest absolute Gasteiger partial charge is 0.480 e. The Bertz CT molecular complexity index is 711. The first kappa shape index (κ1) is 17.5.